The number of anilines is 4. The highest BCUT2D eigenvalue weighted by Gasteiger charge is 2.14. The summed E-state index contributed by atoms with van der Waals surface area (Å²) in [6.07, 6.45) is 1.54. The van der Waals surface area contributed by atoms with Crippen molar-refractivity contribution in [1.82, 2.24) is 15.2 Å². The Morgan fingerprint density at radius 1 is 0.862 bits per heavy atom. The molecule has 1 aromatic heterocycles. The van der Waals surface area contributed by atoms with E-state index >= 15 is 0 Å². The third-order valence-electron chi connectivity index (χ3n) is 4.35. The van der Waals surface area contributed by atoms with Gasteiger partial charge in [-0.25, -0.2) is 0 Å². The monoisotopic (exact) mass is 378 g/mol. The smallest absolute Gasteiger partial charge is 0.252 e. The molecule has 0 amide bonds. The maximum Gasteiger partial charge on any atom is 0.252 e. The van der Waals surface area contributed by atoms with Crippen molar-refractivity contribution < 1.29 is 0 Å². The zero-order valence-electron chi connectivity index (χ0n) is 15.6. The van der Waals surface area contributed by atoms with Crippen LogP contribution in [0.1, 0.15) is 11.1 Å². The number of aromatic nitrogens is 3. The Balaban J connectivity index is 1.68. The van der Waals surface area contributed by atoms with E-state index in [1.807, 2.05) is 71.6 Å². The molecule has 0 aliphatic rings. The molecule has 3 aromatic carbocycles. The van der Waals surface area contributed by atoms with Crippen molar-refractivity contribution in [2.45, 2.75) is 6.54 Å². The average molecular weight is 378 g/mol. The molecule has 0 radical (unpaired) electrons. The summed E-state index contributed by atoms with van der Waals surface area (Å²) in [6, 6.07) is 29.5. The molecule has 0 bridgehead atoms. The fourth-order valence-corrected chi connectivity index (χ4v) is 2.95. The van der Waals surface area contributed by atoms with Crippen LogP contribution in [-0.4, -0.2) is 15.2 Å². The molecule has 0 unspecified atom stereocenters. The first kappa shape index (κ1) is 18.1. The maximum atomic E-state index is 9.31. The topological polar surface area (TPSA) is 77.7 Å². The highest BCUT2D eigenvalue weighted by molar-refractivity contribution is 5.65. The molecule has 0 atom stereocenters. The second-order valence-electron chi connectivity index (χ2n) is 6.33. The van der Waals surface area contributed by atoms with Gasteiger partial charge in [-0.1, -0.05) is 60.7 Å². The Bertz CT molecular complexity index is 1120. The summed E-state index contributed by atoms with van der Waals surface area (Å²) >= 11 is 0. The molecule has 0 aliphatic heterocycles. The lowest BCUT2D eigenvalue weighted by Crippen LogP contribution is -2.20. The molecular formula is C23H18N6. The Labute approximate surface area is 169 Å². The van der Waals surface area contributed by atoms with Gasteiger partial charge in [-0.15, -0.1) is 5.10 Å². The molecule has 4 aromatic rings. The van der Waals surface area contributed by atoms with Gasteiger partial charge < -0.3 is 10.2 Å². The quantitative estimate of drug-likeness (QED) is 0.518. The lowest BCUT2D eigenvalue weighted by Gasteiger charge is -2.23. The van der Waals surface area contributed by atoms with Gasteiger partial charge in [-0.05, 0) is 29.8 Å². The number of hydrogen-bond acceptors (Lipinski definition) is 6. The van der Waals surface area contributed by atoms with Crippen LogP contribution < -0.4 is 10.2 Å². The van der Waals surface area contributed by atoms with Gasteiger partial charge in [0.1, 0.15) is 6.07 Å². The number of rotatable bonds is 6. The van der Waals surface area contributed by atoms with Crippen LogP contribution in [0.15, 0.2) is 91.1 Å². The van der Waals surface area contributed by atoms with Crippen LogP contribution in [0.3, 0.4) is 0 Å². The highest BCUT2D eigenvalue weighted by atomic mass is 15.3. The van der Waals surface area contributed by atoms with Gasteiger partial charge in [0.2, 0.25) is 0 Å². The Kier molecular flexibility index (Phi) is 5.40. The molecule has 29 heavy (non-hydrogen) atoms. The first-order chi connectivity index (χ1) is 14.3. The standard InChI is InChI=1S/C23H18N6/c24-15-19-11-7-8-14-21(19)26-22-16-25-28-23(27-22)29(20-12-5-2-6-13-20)17-18-9-3-1-4-10-18/h1-14,16H,17H2,(H,26,27,28). The number of nitrogens with one attached hydrogen (secondary N) is 1. The number of para-hydroxylation sites is 2. The average Bonchev–Trinajstić information content (AvgIpc) is 2.79. The predicted octanol–water partition coefficient (Wildman–Crippen LogP) is 4.83. The zero-order valence-corrected chi connectivity index (χ0v) is 15.6. The SMILES string of the molecule is N#Cc1ccccc1Nc1cnnc(N(Cc2ccccc2)c2ccccc2)n1. The van der Waals surface area contributed by atoms with Crippen molar-refractivity contribution in [2.24, 2.45) is 0 Å². The molecule has 4 rings (SSSR count). The molecule has 0 saturated heterocycles. The van der Waals surface area contributed by atoms with Gasteiger partial charge in [-0.2, -0.15) is 15.3 Å². The van der Waals surface area contributed by atoms with Gasteiger partial charge in [0, 0.05) is 5.69 Å². The third-order valence-corrected chi connectivity index (χ3v) is 4.35. The number of benzene rings is 3. The zero-order chi connectivity index (χ0) is 19.9. The molecule has 1 N–H and O–H groups in total. The number of hydrogen-bond donors (Lipinski definition) is 1. The van der Waals surface area contributed by atoms with E-state index < -0.39 is 0 Å². The summed E-state index contributed by atoms with van der Waals surface area (Å²) in [5, 5.41) is 20.9. The molecular weight excluding hydrogens is 360 g/mol. The number of nitriles is 1. The summed E-state index contributed by atoms with van der Waals surface area (Å²) in [5.74, 6) is 0.992. The first-order valence-electron chi connectivity index (χ1n) is 9.16. The van der Waals surface area contributed by atoms with Crippen LogP contribution in [0.4, 0.5) is 23.1 Å². The molecule has 6 nitrogen and oxygen atoms in total. The largest absolute Gasteiger partial charge is 0.338 e. The Morgan fingerprint density at radius 2 is 1.55 bits per heavy atom. The lowest BCUT2D eigenvalue weighted by molar-refractivity contribution is 0.865. The second-order valence-corrected chi connectivity index (χ2v) is 6.33. The number of nitrogens with zero attached hydrogens (tertiary/aromatic N) is 5. The molecule has 0 spiro atoms. The summed E-state index contributed by atoms with van der Waals surface area (Å²) < 4.78 is 0. The second kappa shape index (κ2) is 8.63. The molecule has 0 aliphatic carbocycles. The fourth-order valence-electron chi connectivity index (χ4n) is 2.95. The summed E-state index contributed by atoms with van der Waals surface area (Å²) in [5.41, 5.74) is 3.31. The van der Waals surface area contributed by atoms with Gasteiger partial charge in [0.25, 0.3) is 5.95 Å². The summed E-state index contributed by atoms with van der Waals surface area (Å²) in [7, 11) is 0. The van der Waals surface area contributed by atoms with Crippen LogP contribution in [0.5, 0.6) is 0 Å². The molecule has 0 saturated carbocycles. The van der Waals surface area contributed by atoms with Gasteiger partial charge >= 0.3 is 0 Å². The van der Waals surface area contributed by atoms with E-state index in [2.05, 4.69) is 38.7 Å². The van der Waals surface area contributed by atoms with Crippen molar-refractivity contribution in [1.29, 1.82) is 5.26 Å². The first-order valence-corrected chi connectivity index (χ1v) is 9.16. The predicted molar refractivity (Wildman–Crippen MR) is 113 cm³/mol. The lowest BCUT2D eigenvalue weighted by atomic mass is 10.2. The van der Waals surface area contributed by atoms with Crippen LogP contribution in [0, 0.1) is 11.3 Å². The molecule has 6 heteroatoms. The van der Waals surface area contributed by atoms with E-state index in [0.29, 0.717) is 29.6 Å². The van der Waals surface area contributed by atoms with Crippen LogP contribution in [-0.2, 0) is 6.54 Å². The van der Waals surface area contributed by atoms with E-state index in [4.69, 9.17) is 0 Å². The minimum Gasteiger partial charge on any atom is -0.338 e. The summed E-state index contributed by atoms with van der Waals surface area (Å²) in [6.45, 7) is 0.602. The minimum atomic E-state index is 0.472. The van der Waals surface area contributed by atoms with Crippen molar-refractivity contribution in [3.8, 4) is 6.07 Å². The van der Waals surface area contributed by atoms with Gasteiger partial charge in [0.15, 0.2) is 5.82 Å². The molecule has 1 heterocycles. The van der Waals surface area contributed by atoms with Crippen molar-refractivity contribution in [3.63, 3.8) is 0 Å². The Morgan fingerprint density at radius 3 is 2.31 bits per heavy atom. The van der Waals surface area contributed by atoms with Gasteiger partial charge in [0.05, 0.1) is 24.0 Å². The van der Waals surface area contributed by atoms with Crippen molar-refractivity contribution >= 4 is 23.1 Å². The maximum absolute atomic E-state index is 9.31. The van der Waals surface area contributed by atoms with E-state index in [9.17, 15) is 5.26 Å². The van der Waals surface area contributed by atoms with E-state index in [1.165, 1.54) is 0 Å². The highest BCUT2D eigenvalue weighted by Crippen LogP contribution is 2.26. The molecule has 140 valence electrons. The fraction of sp³-hybridized carbons (Fsp3) is 0.0435. The van der Waals surface area contributed by atoms with E-state index in [0.717, 1.165) is 11.3 Å². The van der Waals surface area contributed by atoms with Gasteiger partial charge in [-0.3, -0.25) is 0 Å². The minimum absolute atomic E-state index is 0.472. The Hall–Kier alpha value is -4.24. The van der Waals surface area contributed by atoms with Crippen LogP contribution >= 0.6 is 0 Å². The van der Waals surface area contributed by atoms with E-state index in [1.54, 1.807) is 12.3 Å². The van der Waals surface area contributed by atoms with Crippen molar-refractivity contribution in [2.75, 3.05) is 10.2 Å². The summed E-state index contributed by atoms with van der Waals surface area (Å²) in [4.78, 5) is 6.65. The normalized spacial score (nSPS) is 10.2. The van der Waals surface area contributed by atoms with Crippen molar-refractivity contribution in [3.05, 3.63) is 102 Å². The van der Waals surface area contributed by atoms with Crippen LogP contribution in [0.2, 0.25) is 0 Å². The van der Waals surface area contributed by atoms with Crippen LogP contribution in [0.25, 0.3) is 0 Å². The molecule has 0 fully saturated rings. The third kappa shape index (κ3) is 4.37. The van der Waals surface area contributed by atoms with E-state index in [-0.39, 0.29) is 0 Å².